The van der Waals surface area contributed by atoms with Crippen LogP contribution < -0.4 is 0 Å². The van der Waals surface area contributed by atoms with Crippen LogP contribution in [0.4, 0.5) is 0 Å². The molecule has 0 aliphatic heterocycles. The molecule has 0 fully saturated rings. The summed E-state index contributed by atoms with van der Waals surface area (Å²) in [7, 11) is 0. The van der Waals surface area contributed by atoms with E-state index in [-0.39, 0.29) is 0 Å². The predicted octanol–water partition coefficient (Wildman–Crippen LogP) is 10.2. The van der Waals surface area contributed by atoms with Gasteiger partial charge in [0, 0.05) is 0 Å². The van der Waals surface area contributed by atoms with E-state index in [1.54, 1.807) is 0 Å². The first kappa shape index (κ1) is 18.6. The van der Waals surface area contributed by atoms with E-state index < -0.39 is 0 Å². The second kappa shape index (κ2) is 6.50. The molecule has 0 nitrogen and oxygen atoms in total. The summed E-state index contributed by atoms with van der Waals surface area (Å²) in [5, 5.41) is 13.4. The van der Waals surface area contributed by atoms with Crippen LogP contribution in [0.25, 0.3) is 87.2 Å². The molecule has 0 unspecified atom stereocenters. The van der Waals surface area contributed by atoms with Crippen LogP contribution in [0.5, 0.6) is 0 Å². The Kier molecular flexibility index (Phi) is 3.36. The predicted molar refractivity (Wildman–Crippen MR) is 155 cm³/mol. The summed E-state index contributed by atoms with van der Waals surface area (Å²) >= 11 is 0. The van der Waals surface area contributed by atoms with Crippen molar-refractivity contribution in [2.24, 2.45) is 0 Å². The van der Waals surface area contributed by atoms with Crippen LogP contribution in [0.15, 0.2) is 121 Å². The summed E-state index contributed by atoms with van der Waals surface area (Å²) in [6.45, 7) is 0. The fraction of sp³-hybridized carbons (Fsp3) is 0. The Hall–Kier alpha value is -4.68. The van der Waals surface area contributed by atoms with Crippen LogP contribution in [0, 0.1) is 0 Å². The lowest BCUT2D eigenvalue weighted by Gasteiger charge is -2.12. The third kappa shape index (κ3) is 2.34. The first-order chi connectivity index (χ1) is 17.8. The van der Waals surface area contributed by atoms with Gasteiger partial charge in [-0.05, 0) is 124 Å². The van der Waals surface area contributed by atoms with Crippen LogP contribution >= 0.6 is 0 Å². The van der Waals surface area contributed by atoms with Gasteiger partial charge in [0.25, 0.3) is 0 Å². The van der Waals surface area contributed by atoms with Crippen molar-refractivity contribution in [1.82, 2.24) is 0 Å². The van der Waals surface area contributed by atoms with Gasteiger partial charge in [0.1, 0.15) is 0 Å². The Morgan fingerprint density at radius 3 is 1.75 bits per heavy atom. The van der Waals surface area contributed by atoms with Crippen LogP contribution in [-0.4, -0.2) is 0 Å². The molecule has 0 radical (unpaired) electrons. The van der Waals surface area contributed by atoms with E-state index in [0.29, 0.717) is 0 Å². The minimum atomic E-state index is 1.26. The van der Waals surface area contributed by atoms with Crippen molar-refractivity contribution in [3.8, 4) is 33.4 Å². The van der Waals surface area contributed by atoms with E-state index in [1.165, 1.54) is 87.2 Å². The van der Waals surface area contributed by atoms with Crippen molar-refractivity contribution in [3.63, 3.8) is 0 Å². The molecule has 0 amide bonds. The molecule has 0 N–H and O–H groups in total. The molecule has 1 aliphatic carbocycles. The molecule has 0 atom stereocenters. The van der Waals surface area contributed by atoms with Crippen LogP contribution in [-0.2, 0) is 0 Å². The highest BCUT2D eigenvalue weighted by molar-refractivity contribution is 6.32. The fourth-order valence-electron chi connectivity index (χ4n) is 6.59. The summed E-state index contributed by atoms with van der Waals surface area (Å²) in [5.41, 5.74) is 7.97. The molecule has 0 saturated heterocycles. The van der Waals surface area contributed by atoms with Crippen molar-refractivity contribution >= 4 is 53.9 Å². The maximum absolute atomic E-state index is 2.42. The molecular formula is C36H20. The molecule has 9 rings (SSSR count). The van der Waals surface area contributed by atoms with E-state index in [0.717, 1.165) is 0 Å². The zero-order valence-corrected chi connectivity index (χ0v) is 19.5. The number of fused-ring (bicyclic) bond motifs is 5. The van der Waals surface area contributed by atoms with Gasteiger partial charge in [0.05, 0.1) is 0 Å². The van der Waals surface area contributed by atoms with Crippen molar-refractivity contribution in [2.45, 2.75) is 0 Å². The highest BCUT2D eigenvalue weighted by atomic mass is 14.3. The Balaban J connectivity index is 1.34. The van der Waals surface area contributed by atoms with Gasteiger partial charge in [0.15, 0.2) is 0 Å². The zero-order chi connectivity index (χ0) is 23.4. The maximum Gasteiger partial charge on any atom is -0.00137 e. The van der Waals surface area contributed by atoms with E-state index in [4.69, 9.17) is 0 Å². The Bertz CT molecular complexity index is 2180. The SMILES string of the molecule is c1ccc(-c2ccc3cc4cc5c(cc4cc3c2)-c2ccc3ccc4cccc6cc-5c2c3c46)cc1. The van der Waals surface area contributed by atoms with Gasteiger partial charge in [-0.25, -0.2) is 0 Å². The summed E-state index contributed by atoms with van der Waals surface area (Å²) in [5.74, 6) is 0. The van der Waals surface area contributed by atoms with Crippen LogP contribution in [0.2, 0.25) is 0 Å². The zero-order valence-electron chi connectivity index (χ0n) is 19.5. The van der Waals surface area contributed by atoms with E-state index >= 15 is 0 Å². The smallest absolute Gasteiger partial charge is 0.00137 e. The molecule has 0 saturated carbocycles. The fourth-order valence-corrected chi connectivity index (χ4v) is 6.59. The Labute approximate surface area is 208 Å². The Morgan fingerprint density at radius 1 is 0.250 bits per heavy atom. The van der Waals surface area contributed by atoms with Gasteiger partial charge in [-0.15, -0.1) is 0 Å². The average Bonchev–Trinajstić information content (AvgIpc) is 3.24. The van der Waals surface area contributed by atoms with E-state index in [1.807, 2.05) is 0 Å². The maximum atomic E-state index is 2.42. The minimum absolute atomic E-state index is 1.26. The largest absolute Gasteiger partial charge is 0.0622 e. The quantitative estimate of drug-likeness (QED) is 0.172. The van der Waals surface area contributed by atoms with E-state index in [2.05, 4.69) is 121 Å². The summed E-state index contributed by atoms with van der Waals surface area (Å²) in [6.07, 6.45) is 0. The normalized spacial score (nSPS) is 12.4. The third-order valence-electron chi connectivity index (χ3n) is 8.25. The van der Waals surface area contributed by atoms with E-state index in [9.17, 15) is 0 Å². The molecule has 0 bridgehead atoms. The summed E-state index contributed by atoms with van der Waals surface area (Å²) < 4.78 is 0. The van der Waals surface area contributed by atoms with Crippen molar-refractivity contribution in [2.75, 3.05) is 0 Å². The molecule has 1 aliphatic rings. The molecule has 8 aromatic rings. The molecule has 36 heavy (non-hydrogen) atoms. The molecule has 8 aromatic carbocycles. The van der Waals surface area contributed by atoms with Gasteiger partial charge >= 0.3 is 0 Å². The van der Waals surface area contributed by atoms with Gasteiger partial charge in [-0.3, -0.25) is 0 Å². The number of hydrogen-bond acceptors (Lipinski definition) is 0. The minimum Gasteiger partial charge on any atom is -0.0622 e. The third-order valence-corrected chi connectivity index (χ3v) is 8.25. The number of hydrogen-bond donors (Lipinski definition) is 0. The number of benzene rings is 8. The molecular weight excluding hydrogens is 432 g/mol. The molecule has 164 valence electrons. The van der Waals surface area contributed by atoms with Crippen molar-refractivity contribution in [1.29, 1.82) is 0 Å². The van der Waals surface area contributed by atoms with Gasteiger partial charge < -0.3 is 0 Å². The van der Waals surface area contributed by atoms with Crippen molar-refractivity contribution < 1.29 is 0 Å². The molecule has 0 spiro atoms. The second-order valence-electron chi connectivity index (χ2n) is 10.2. The van der Waals surface area contributed by atoms with Crippen molar-refractivity contribution in [3.05, 3.63) is 121 Å². The molecule has 0 aromatic heterocycles. The molecule has 0 heterocycles. The Morgan fingerprint density at radius 2 is 0.889 bits per heavy atom. The lowest BCUT2D eigenvalue weighted by Crippen LogP contribution is -1.85. The van der Waals surface area contributed by atoms with Crippen LogP contribution in [0.1, 0.15) is 0 Å². The van der Waals surface area contributed by atoms with Gasteiger partial charge in [-0.2, -0.15) is 0 Å². The first-order valence-electron chi connectivity index (χ1n) is 12.6. The topological polar surface area (TPSA) is 0 Å². The monoisotopic (exact) mass is 452 g/mol. The van der Waals surface area contributed by atoms with Crippen LogP contribution in [0.3, 0.4) is 0 Å². The lowest BCUT2D eigenvalue weighted by atomic mass is 9.91. The second-order valence-corrected chi connectivity index (χ2v) is 10.2. The summed E-state index contributed by atoms with van der Waals surface area (Å²) in [6, 6.07) is 45.3. The summed E-state index contributed by atoms with van der Waals surface area (Å²) in [4.78, 5) is 0. The number of rotatable bonds is 1. The van der Waals surface area contributed by atoms with Gasteiger partial charge in [0.2, 0.25) is 0 Å². The van der Waals surface area contributed by atoms with Gasteiger partial charge in [-0.1, -0.05) is 84.9 Å². The lowest BCUT2D eigenvalue weighted by molar-refractivity contribution is 1.65. The highest BCUT2D eigenvalue weighted by Gasteiger charge is 2.25. The first-order valence-corrected chi connectivity index (χ1v) is 12.6. The molecule has 0 heteroatoms. The highest BCUT2D eigenvalue weighted by Crippen LogP contribution is 2.52. The standard InChI is InChI=1S/C36H20/c1-2-5-21(6-3-1)24-11-12-25-16-28-20-32-31(19-29(28)17-27(25)15-24)30-14-13-23-10-9-22-7-4-8-26-18-33(32)36(30)35(23)34(22)26/h1-20H. The average molecular weight is 453 g/mol.